The van der Waals surface area contributed by atoms with Gasteiger partial charge in [-0.15, -0.1) is 0 Å². The zero-order valence-corrected chi connectivity index (χ0v) is 17.7. The summed E-state index contributed by atoms with van der Waals surface area (Å²) in [5.74, 6) is 0. The molecule has 6 rings (SSSR count). The summed E-state index contributed by atoms with van der Waals surface area (Å²) >= 11 is 3.23. The van der Waals surface area contributed by atoms with Crippen molar-refractivity contribution in [3.8, 4) is 0 Å². The summed E-state index contributed by atoms with van der Waals surface area (Å²) in [5.41, 5.74) is 3.55. The highest BCUT2D eigenvalue weighted by Gasteiger charge is 2.44. The Bertz CT molecular complexity index is 1340. The first-order chi connectivity index (χ1) is 14.7. The third-order valence-electron chi connectivity index (χ3n) is 5.62. The molecule has 30 heavy (non-hydrogen) atoms. The van der Waals surface area contributed by atoms with Crippen LogP contribution in [0, 0.1) is 0 Å². The lowest BCUT2D eigenvalue weighted by Gasteiger charge is -2.18. The number of anilines is 1. The predicted molar refractivity (Wildman–Crippen MR) is 119 cm³/mol. The number of aliphatic imine (C=N–C) groups is 1. The first kappa shape index (κ1) is 17.8. The van der Waals surface area contributed by atoms with Crippen LogP contribution < -0.4 is 10.5 Å². The molecule has 0 saturated carbocycles. The number of fused-ring (bicyclic) bond motifs is 4. The second-order valence-corrected chi connectivity index (χ2v) is 9.53. The van der Waals surface area contributed by atoms with Gasteiger partial charge in [-0.1, -0.05) is 23.9 Å². The lowest BCUT2D eigenvalue weighted by Crippen LogP contribution is -2.32. The molecule has 3 aromatic heterocycles. The Kier molecular flexibility index (Phi) is 4.03. The average molecular weight is 436 g/mol. The Morgan fingerprint density at radius 2 is 2.17 bits per heavy atom. The van der Waals surface area contributed by atoms with Gasteiger partial charge in [-0.05, 0) is 29.2 Å². The molecular formula is C20H17N7OS2. The Balaban J connectivity index is 1.32. The van der Waals surface area contributed by atoms with Crippen molar-refractivity contribution in [1.29, 1.82) is 0 Å². The summed E-state index contributed by atoms with van der Waals surface area (Å²) in [6, 6.07) is 7.96. The molecule has 2 aliphatic rings. The molecule has 8 nitrogen and oxygen atoms in total. The zero-order chi connectivity index (χ0) is 20.2. The predicted octanol–water partition coefficient (Wildman–Crippen LogP) is 2.83. The van der Waals surface area contributed by atoms with Crippen LogP contribution in [0.1, 0.15) is 21.3 Å². The maximum Gasteiger partial charge on any atom is 0.290 e. The number of nitrogens with zero attached hydrogens (tertiary/aromatic N) is 6. The minimum Gasteiger partial charge on any atom is -0.347 e. The van der Waals surface area contributed by atoms with E-state index >= 15 is 0 Å². The van der Waals surface area contributed by atoms with Crippen LogP contribution >= 0.6 is 23.3 Å². The van der Waals surface area contributed by atoms with Gasteiger partial charge in [0.05, 0.1) is 34.7 Å². The second-order valence-electron chi connectivity index (χ2n) is 7.40. The highest BCUT2D eigenvalue weighted by Crippen LogP contribution is 2.49. The van der Waals surface area contributed by atoms with Gasteiger partial charge in [-0.2, -0.15) is 10.2 Å². The molecule has 5 heterocycles. The minimum absolute atomic E-state index is 0.0597. The smallest absolute Gasteiger partial charge is 0.290 e. The monoisotopic (exact) mass is 435 g/mol. The maximum atomic E-state index is 13.3. The molecular weight excluding hydrogens is 418 g/mol. The molecule has 0 saturated heterocycles. The van der Waals surface area contributed by atoms with Gasteiger partial charge in [-0.25, -0.2) is 9.06 Å². The highest BCUT2D eigenvalue weighted by atomic mass is 32.2. The molecule has 0 amide bonds. The number of likely N-dealkylation sites (N-methyl/N-ethyl adjacent to an activating group) is 1. The number of benzene rings is 1. The lowest BCUT2D eigenvalue weighted by molar-refractivity contribution is 0.639. The second kappa shape index (κ2) is 6.78. The standard InChI is InChI=1S/C20H17N7OS2/c1-26-17-14(18-19(26)24-16(29-18)7-12-5-6-23-30-12)9-22-27(20(17)28)10-11-3-2-4-15-13(11)8-21-25-15/h2-6,8-9,18-19H,7,10H2,1H3,(H,21,25). The summed E-state index contributed by atoms with van der Waals surface area (Å²) in [7, 11) is 1.95. The zero-order valence-electron chi connectivity index (χ0n) is 16.0. The van der Waals surface area contributed by atoms with Crippen LogP contribution in [-0.4, -0.2) is 42.6 Å². The van der Waals surface area contributed by atoms with Gasteiger partial charge >= 0.3 is 0 Å². The minimum atomic E-state index is -0.0790. The van der Waals surface area contributed by atoms with Crippen LogP contribution in [0.3, 0.4) is 0 Å². The fraction of sp³-hybridized carbons (Fsp3) is 0.250. The van der Waals surface area contributed by atoms with Crippen molar-refractivity contribution in [2.24, 2.45) is 4.99 Å². The molecule has 2 aliphatic heterocycles. The van der Waals surface area contributed by atoms with E-state index in [1.165, 1.54) is 21.1 Å². The molecule has 1 N–H and O–H groups in total. The van der Waals surface area contributed by atoms with Gasteiger partial charge in [0, 0.05) is 35.5 Å². The van der Waals surface area contributed by atoms with Crippen LogP contribution in [-0.2, 0) is 13.0 Å². The number of hydrogen-bond donors (Lipinski definition) is 1. The van der Waals surface area contributed by atoms with Crippen molar-refractivity contribution in [2.45, 2.75) is 24.4 Å². The number of rotatable bonds is 4. The van der Waals surface area contributed by atoms with Gasteiger partial charge < -0.3 is 4.90 Å². The molecule has 0 radical (unpaired) electrons. The summed E-state index contributed by atoms with van der Waals surface area (Å²) in [5, 5.41) is 13.8. The molecule has 0 fully saturated rings. The van der Waals surface area contributed by atoms with E-state index in [2.05, 4.69) is 19.7 Å². The fourth-order valence-electron chi connectivity index (χ4n) is 4.16. The van der Waals surface area contributed by atoms with Gasteiger partial charge in [-0.3, -0.25) is 14.9 Å². The molecule has 4 aromatic rings. The van der Waals surface area contributed by atoms with E-state index < -0.39 is 0 Å². The van der Waals surface area contributed by atoms with E-state index in [9.17, 15) is 4.79 Å². The normalized spacial score (nSPS) is 19.9. The number of aromatic nitrogens is 5. The third kappa shape index (κ3) is 2.71. The number of thioether (sulfide) groups is 1. The summed E-state index contributed by atoms with van der Waals surface area (Å²) in [4.78, 5) is 21.4. The van der Waals surface area contributed by atoms with E-state index in [1.54, 1.807) is 18.0 Å². The first-order valence-corrected chi connectivity index (χ1v) is 11.2. The van der Waals surface area contributed by atoms with E-state index in [-0.39, 0.29) is 17.0 Å². The number of nitrogens with one attached hydrogen (secondary N) is 1. The van der Waals surface area contributed by atoms with Crippen LogP contribution in [0.15, 0.2) is 52.6 Å². The summed E-state index contributed by atoms with van der Waals surface area (Å²) in [6.07, 6.45) is 6.18. The Morgan fingerprint density at radius 3 is 3.03 bits per heavy atom. The van der Waals surface area contributed by atoms with Gasteiger partial charge in [0.2, 0.25) is 0 Å². The van der Waals surface area contributed by atoms with Gasteiger partial charge in [0.1, 0.15) is 11.9 Å². The van der Waals surface area contributed by atoms with E-state index in [1.807, 2.05) is 48.6 Å². The number of H-pyrrole nitrogens is 1. The quantitative estimate of drug-likeness (QED) is 0.530. The Hall–Kier alpha value is -2.98. The molecule has 150 valence electrons. The van der Waals surface area contributed by atoms with Crippen molar-refractivity contribution < 1.29 is 0 Å². The van der Waals surface area contributed by atoms with Gasteiger partial charge in [0.25, 0.3) is 5.56 Å². The van der Waals surface area contributed by atoms with Crippen molar-refractivity contribution in [2.75, 3.05) is 11.9 Å². The highest BCUT2D eigenvalue weighted by molar-refractivity contribution is 8.14. The average Bonchev–Trinajstić information content (AvgIpc) is 3.52. The topological polar surface area (TPSA) is 92.1 Å². The van der Waals surface area contributed by atoms with Crippen molar-refractivity contribution >= 4 is 44.9 Å². The molecule has 2 unspecified atom stereocenters. The van der Waals surface area contributed by atoms with Crippen molar-refractivity contribution in [1.82, 2.24) is 24.4 Å². The molecule has 0 bridgehead atoms. The largest absolute Gasteiger partial charge is 0.347 e. The SMILES string of the molecule is CN1c2c(cnn(Cc3cccc4[nH]ncc34)c2=O)C2SC(Cc3ccns3)=NC21. The molecule has 0 aliphatic carbocycles. The first-order valence-electron chi connectivity index (χ1n) is 9.56. The number of aromatic amines is 1. The lowest BCUT2D eigenvalue weighted by atomic mass is 10.1. The Labute approximate surface area is 179 Å². The van der Waals surface area contributed by atoms with E-state index in [0.717, 1.165) is 33.5 Å². The van der Waals surface area contributed by atoms with Gasteiger partial charge in [0.15, 0.2) is 0 Å². The van der Waals surface area contributed by atoms with Crippen LogP contribution in [0.5, 0.6) is 0 Å². The molecule has 1 aromatic carbocycles. The van der Waals surface area contributed by atoms with Crippen molar-refractivity contribution in [3.63, 3.8) is 0 Å². The Morgan fingerprint density at radius 1 is 1.23 bits per heavy atom. The maximum absolute atomic E-state index is 13.3. The third-order valence-corrected chi connectivity index (χ3v) is 7.64. The molecule has 0 spiro atoms. The molecule has 10 heteroatoms. The van der Waals surface area contributed by atoms with Crippen LogP contribution in [0.2, 0.25) is 0 Å². The van der Waals surface area contributed by atoms with E-state index in [4.69, 9.17) is 4.99 Å². The van der Waals surface area contributed by atoms with E-state index in [0.29, 0.717) is 12.2 Å². The summed E-state index contributed by atoms with van der Waals surface area (Å²) < 4.78 is 5.70. The van der Waals surface area contributed by atoms with Crippen molar-refractivity contribution in [3.05, 3.63) is 69.2 Å². The van der Waals surface area contributed by atoms with Crippen LogP contribution in [0.25, 0.3) is 10.9 Å². The van der Waals surface area contributed by atoms with Crippen LogP contribution in [0.4, 0.5) is 5.69 Å². The fourth-order valence-corrected chi connectivity index (χ4v) is 6.20. The number of hydrogen-bond acceptors (Lipinski definition) is 8. The molecule has 2 atom stereocenters. The summed E-state index contributed by atoms with van der Waals surface area (Å²) in [6.45, 7) is 0.402.